The fraction of sp³-hybridized carbons (Fsp3) is 0.500. The Morgan fingerprint density at radius 2 is 1.76 bits per heavy atom. The van der Waals surface area contributed by atoms with Gasteiger partial charge in [0, 0.05) is 45.0 Å². The second kappa shape index (κ2) is 13.8. The summed E-state index contributed by atoms with van der Waals surface area (Å²) in [5.41, 5.74) is 2.19. The highest BCUT2D eigenvalue weighted by Crippen LogP contribution is 2.28. The predicted octanol–water partition coefficient (Wildman–Crippen LogP) is 4.96. The van der Waals surface area contributed by atoms with Crippen LogP contribution in [0.2, 0.25) is 0 Å². The van der Waals surface area contributed by atoms with Crippen molar-refractivity contribution in [3.8, 4) is 5.75 Å². The van der Waals surface area contributed by atoms with E-state index in [0.717, 1.165) is 62.4 Å². The zero-order valence-corrected chi connectivity index (χ0v) is 22.2. The van der Waals surface area contributed by atoms with Crippen molar-refractivity contribution in [3.05, 3.63) is 59.7 Å². The van der Waals surface area contributed by atoms with Gasteiger partial charge in [-0.05, 0) is 62.9 Å². The highest BCUT2D eigenvalue weighted by Gasteiger charge is 2.32. The summed E-state index contributed by atoms with van der Waals surface area (Å²) in [5, 5.41) is 11.1. The molecule has 3 rings (SSSR count). The molecule has 1 aliphatic heterocycles. The summed E-state index contributed by atoms with van der Waals surface area (Å²) in [6.45, 7) is 7.37. The number of piperidine rings is 1. The van der Waals surface area contributed by atoms with Gasteiger partial charge < -0.3 is 19.5 Å². The number of carbonyl (C=O) groups is 1. The summed E-state index contributed by atoms with van der Waals surface area (Å²) in [4.78, 5) is 16.1. The van der Waals surface area contributed by atoms with Crippen molar-refractivity contribution < 1.29 is 19.4 Å². The number of carbonyl (C=O) groups excluding carboxylic acids is 1. The number of aliphatic hydroxyl groups is 1. The molecule has 0 amide bonds. The van der Waals surface area contributed by atoms with Gasteiger partial charge in [0.2, 0.25) is 0 Å². The minimum absolute atomic E-state index is 0. The lowest BCUT2D eigenvalue weighted by Gasteiger charge is -2.39. The standard InChI is InChI=1S/C26H36N2O4.2ClH/c1-20(2)32-24-7-5-6-23(18-24)27(3)15-12-26(30)13-16-28(17-14-26)19-21-8-10-22(11-9-21)25(29)31-4;;/h5-11,18,20,30H,12-17,19H2,1-4H3;2*1H. The number of nitrogens with zero attached hydrogens (tertiary/aromatic N) is 2. The topological polar surface area (TPSA) is 62.2 Å². The third-order valence-corrected chi connectivity index (χ3v) is 6.11. The maximum atomic E-state index is 11.6. The number of hydrogen-bond donors (Lipinski definition) is 1. The second-order valence-corrected chi connectivity index (χ2v) is 9.02. The number of likely N-dealkylation sites (tertiary alicyclic amines) is 1. The van der Waals surface area contributed by atoms with Gasteiger partial charge in [0.15, 0.2) is 0 Å². The van der Waals surface area contributed by atoms with E-state index in [2.05, 4.69) is 29.0 Å². The Bertz CT molecular complexity index is 885. The van der Waals surface area contributed by atoms with Crippen molar-refractivity contribution in [2.75, 3.05) is 38.7 Å². The molecule has 0 unspecified atom stereocenters. The summed E-state index contributed by atoms with van der Waals surface area (Å²) in [5.74, 6) is 0.555. The average Bonchev–Trinajstić information content (AvgIpc) is 2.79. The normalized spacial score (nSPS) is 15.1. The number of rotatable bonds is 9. The van der Waals surface area contributed by atoms with Crippen molar-refractivity contribution in [2.45, 2.75) is 51.4 Å². The molecule has 2 aromatic carbocycles. The number of esters is 1. The summed E-state index contributed by atoms with van der Waals surface area (Å²) >= 11 is 0. The number of hydrogen-bond acceptors (Lipinski definition) is 6. The largest absolute Gasteiger partial charge is 0.491 e. The lowest BCUT2D eigenvalue weighted by molar-refractivity contribution is -0.0275. The van der Waals surface area contributed by atoms with Crippen LogP contribution >= 0.6 is 24.8 Å². The van der Waals surface area contributed by atoms with E-state index in [0.29, 0.717) is 5.56 Å². The zero-order valence-electron chi connectivity index (χ0n) is 20.5. The molecule has 0 aromatic heterocycles. The summed E-state index contributed by atoms with van der Waals surface area (Å²) in [6, 6.07) is 15.7. The average molecular weight is 514 g/mol. The number of ether oxygens (including phenoxy) is 2. The SMILES string of the molecule is COC(=O)c1ccc(CN2CCC(O)(CCN(C)c3cccc(OC(C)C)c3)CC2)cc1.Cl.Cl. The molecular formula is C26H38Cl2N2O4. The van der Waals surface area contributed by atoms with Gasteiger partial charge in [-0.3, -0.25) is 4.90 Å². The van der Waals surface area contributed by atoms with Gasteiger partial charge in [-0.1, -0.05) is 18.2 Å². The number of methoxy groups -OCH3 is 1. The fourth-order valence-electron chi connectivity index (χ4n) is 4.07. The fourth-order valence-corrected chi connectivity index (χ4v) is 4.07. The molecule has 0 atom stereocenters. The molecule has 0 spiro atoms. The van der Waals surface area contributed by atoms with E-state index in [1.807, 2.05) is 38.1 Å². The first-order valence-electron chi connectivity index (χ1n) is 11.4. The first-order chi connectivity index (χ1) is 15.3. The van der Waals surface area contributed by atoms with Crippen LogP contribution < -0.4 is 9.64 Å². The van der Waals surface area contributed by atoms with Crippen LogP contribution in [0.15, 0.2) is 48.5 Å². The third kappa shape index (κ3) is 8.66. The minimum Gasteiger partial charge on any atom is -0.491 e. The molecule has 0 aliphatic carbocycles. The van der Waals surface area contributed by atoms with E-state index >= 15 is 0 Å². The Hall–Kier alpha value is -1.99. The molecule has 6 nitrogen and oxygen atoms in total. The minimum atomic E-state index is -0.633. The summed E-state index contributed by atoms with van der Waals surface area (Å²) in [6.07, 6.45) is 2.41. The monoisotopic (exact) mass is 512 g/mol. The molecule has 1 saturated heterocycles. The first-order valence-corrected chi connectivity index (χ1v) is 11.4. The van der Waals surface area contributed by atoms with Gasteiger partial charge in [-0.25, -0.2) is 4.79 Å². The van der Waals surface area contributed by atoms with Crippen LogP contribution in [0.25, 0.3) is 0 Å². The molecule has 1 fully saturated rings. The molecule has 1 heterocycles. The van der Waals surface area contributed by atoms with Crippen LogP contribution in [-0.4, -0.2) is 61.5 Å². The number of anilines is 1. The highest BCUT2D eigenvalue weighted by atomic mass is 35.5. The molecule has 2 aromatic rings. The Morgan fingerprint density at radius 3 is 2.35 bits per heavy atom. The molecule has 34 heavy (non-hydrogen) atoms. The smallest absolute Gasteiger partial charge is 0.337 e. The lowest BCUT2D eigenvalue weighted by Crippen LogP contribution is -2.45. The highest BCUT2D eigenvalue weighted by molar-refractivity contribution is 5.89. The van der Waals surface area contributed by atoms with Crippen LogP contribution in [0.4, 0.5) is 5.69 Å². The maximum absolute atomic E-state index is 11.6. The van der Waals surface area contributed by atoms with Gasteiger partial charge in [-0.2, -0.15) is 0 Å². The van der Waals surface area contributed by atoms with Gasteiger partial charge in [0.25, 0.3) is 0 Å². The van der Waals surface area contributed by atoms with Crippen LogP contribution in [0.5, 0.6) is 5.75 Å². The van der Waals surface area contributed by atoms with Crippen LogP contribution in [0.1, 0.15) is 49.0 Å². The van der Waals surface area contributed by atoms with Crippen LogP contribution in [0, 0.1) is 0 Å². The zero-order chi connectivity index (χ0) is 23.1. The van der Waals surface area contributed by atoms with Gasteiger partial charge in [-0.15, -0.1) is 24.8 Å². The third-order valence-electron chi connectivity index (χ3n) is 6.11. The van der Waals surface area contributed by atoms with Gasteiger partial charge in [0.1, 0.15) is 5.75 Å². The summed E-state index contributed by atoms with van der Waals surface area (Å²) in [7, 11) is 3.45. The second-order valence-electron chi connectivity index (χ2n) is 9.02. The van der Waals surface area contributed by atoms with Crippen molar-refractivity contribution in [3.63, 3.8) is 0 Å². The molecule has 1 N–H and O–H groups in total. The van der Waals surface area contributed by atoms with E-state index in [1.54, 1.807) is 12.1 Å². The lowest BCUT2D eigenvalue weighted by atomic mass is 9.88. The predicted molar refractivity (Wildman–Crippen MR) is 142 cm³/mol. The molecule has 0 saturated carbocycles. The van der Waals surface area contributed by atoms with Crippen molar-refractivity contribution in [2.24, 2.45) is 0 Å². The van der Waals surface area contributed by atoms with E-state index in [1.165, 1.54) is 7.11 Å². The quantitative estimate of drug-likeness (QED) is 0.479. The molecule has 8 heteroatoms. The van der Waals surface area contributed by atoms with E-state index in [-0.39, 0.29) is 36.9 Å². The van der Waals surface area contributed by atoms with Gasteiger partial charge >= 0.3 is 5.97 Å². The summed E-state index contributed by atoms with van der Waals surface area (Å²) < 4.78 is 10.6. The Morgan fingerprint density at radius 1 is 1.12 bits per heavy atom. The Balaban J connectivity index is 0.00000289. The van der Waals surface area contributed by atoms with E-state index in [4.69, 9.17) is 9.47 Å². The van der Waals surface area contributed by atoms with Crippen LogP contribution in [-0.2, 0) is 11.3 Å². The molecule has 0 radical (unpaired) electrons. The molecule has 190 valence electrons. The van der Waals surface area contributed by atoms with Crippen LogP contribution in [0.3, 0.4) is 0 Å². The van der Waals surface area contributed by atoms with Gasteiger partial charge in [0.05, 0.1) is 24.4 Å². The van der Waals surface area contributed by atoms with Crippen molar-refractivity contribution >= 4 is 36.5 Å². The Kier molecular flexibility index (Phi) is 12.2. The van der Waals surface area contributed by atoms with E-state index < -0.39 is 5.60 Å². The number of benzene rings is 2. The molecular weight excluding hydrogens is 475 g/mol. The number of halogens is 2. The molecule has 0 bridgehead atoms. The molecule has 1 aliphatic rings. The first kappa shape index (κ1) is 30.0. The maximum Gasteiger partial charge on any atom is 0.337 e. The van der Waals surface area contributed by atoms with E-state index in [9.17, 15) is 9.90 Å². The van der Waals surface area contributed by atoms with Crippen molar-refractivity contribution in [1.82, 2.24) is 4.90 Å². The Labute approximate surface area is 216 Å². The van der Waals surface area contributed by atoms with Crippen molar-refractivity contribution in [1.29, 1.82) is 0 Å².